The van der Waals surface area contributed by atoms with Crippen molar-refractivity contribution in [2.24, 2.45) is 0 Å². The number of aromatic nitrogens is 2. The molecule has 1 aliphatic carbocycles. The number of nitrogens with zero attached hydrogens (tertiary/aromatic N) is 2. The molecule has 7 heteroatoms. The third kappa shape index (κ3) is 2.50. The molecular weight excluding hydrogens is 321 g/mol. The smallest absolute Gasteiger partial charge is 0.333 e. The van der Waals surface area contributed by atoms with Crippen LogP contribution in [-0.2, 0) is 10.2 Å². The lowest BCUT2D eigenvalue weighted by atomic mass is 9.78. The Morgan fingerprint density at radius 2 is 2.17 bits per heavy atom. The molecule has 0 fully saturated rings. The van der Waals surface area contributed by atoms with Crippen LogP contribution >= 0.6 is 0 Å². The summed E-state index contributed by atoms with van der Waals surface area (Å²) in [6, 6.07) is 4.35. The molecule has 2 aromatic rings. The van der Waals surface area contributed by atoms with Gasteiger partial charge in [-0.3, -0.25) is 4.79 Å². The topological polar surface area (TPSA) is 55.1 Å². The van der Waals surface area contributed by atoms with Crippen LogP contribution in [0, 0.1) is 12.7 Å². The third-order valence-corrected chi connectivity index (χ3v) is 4.51. The summed E-state index contributed by atoms with van der Waals surface area (Å²) in [4.78, 5) is 12.0. The Morgan fingerprint density at radius 1 is 1.42 bits per heavy atom. The molecule has 1 unspecified atom stereocenters. The molecule has 126 valence electrons. The highest BCUT2D eigenvalue weighted by Crippen LogP contribution is 2.44. The summed E-state index contributed by atoms with van der Waals surface area (Å²) in [5.41, 5.74) is 0.362. The van der Waals surface area contributed by atoms with E-state index in [0.29, 0.717) is 27.8 Å². The summed E-state index contributed by atoms with van der Waals surface area (Å²) in [5.74, 6) is -1.56. The summed E-state index contributed by atoms with van der Waals surface area (Å²) in [7, 11) is 0. The number of benzene rings is 1. The van der Waals surface area contributed by atoms with Crippen LogP contribution in [0.4, 0.5) is 13.2 Å². The van der Waals surface area contributed by atoms with Crippen molar-refractivity contribution in [3.63, 3.8) is 0 Å². The van der Waals surface area contributed by atoms with E-state index in [1.54, 1.807) is 6.07 Å². The molecule has 3 rings (SSSR count). The summed E-state index contributed by atoms with van der Waals surface area (Å²) in [6.45, 7) is -1.22. The monoisotopic (exact) mass is 336 g/mol. The first-order chi connectivity index (χ1) is 11.3. The minimum atomic E-state index is -2.75. The highest BCUT2D eigenvalue weighted by molar-refractivity contribution is 5.90. The van der Waals surface area contributed by atoms with E-state index in [4.69, 9.17) is 0 Å². The van der Waals surface area contributed by atoms with Gasteiger partial charge in [-0.25, -0.2) is 9.07 Å². The van der Waals surface area contributed by atoms with E-state index in [0.717, 1.165) is 0 Å². The van der Waals surface area contributed by atoms with E-state index >= 15 is 0 Å². The maximum atomic E-state index is 13.9. The molecule has 0 saturated heterocycles. The SMILES string of the molecule is Cc1c(F)cccc1C1(C(=O)O)C=C(c2cnn(C(F)F)c2)CC1. The molecule has 1 aliphatic rings. The zero-order valence-electron chi connectivity index (χ0n) is 12.8. The molecule has 1 aromatic carbocycles. The van der Waals surface area contributed by atoms with Gasteiger partial charge in [0.2, 0.25) is 0 Å². The number of hydrogen-bond acceptors (Lipinski definition) is 2. The number of allylic oxidation sites excluding steroid dienone is 1. The molecule has 1 heterocycles. The first-order valence-electron chi connectivity index (χ1n) is 7.38. The van der Waals surface area contributed by atoms with Crippen LogP contribution in [0.3, 0.4) is 0 Å². The molecule has 0 radical (unpaired) electrons. The molecule has 1 atom stereocenters. The van der Waals surface area contributed by atoms with Crippen molar-refractivity contribution in [1.29, 1.82) is 0 Å². The number of carboxylic acids is 1. The van der Waals surface area contributed by atoms with Gasteiger partial charge in [0.15, 0.2) is 0 Å². The lowest BCUT2D eigenvalue weighted by Gasteiger charge is -2.24. The Kier molecular flexibility index (Phi) is 3.95. The van der Waals surface area contributed by atoms with Crippen molar-refractivity contribution in [3.8, 4) is 0 Å². The fourth-order valence-corrected chi connectivity index (χ4v) is 3.20. The van der Waals surface area contributed by atoms with Crippen molar-refractivity contribution in [1.82, 2.24) is 9.78 Å². The van der Waals surface area contributed by atoms with Gasteiger partial charge >= 0.3 is 12.5 Å². The second-order valence-electron chi connectivity index (χ2n) is 5.85. The molecule has 0 amide bonds. The van der Waals surface area contributed by atoms with Gasteiger partial charge in [-0.1, -0.05) is 18.2 Å². The van der Waals surface area contributed by atoms with E-state index in [1.807, 2.05) is 0 Å². The molecule has 0 aliphatic heterocycles. The molecule has 1 aromatic heterocycles. The van der Waals surface area contributed by atoms with E-state index in [-0.39, 0.29) is 12.0 Å². The normalized spacial score (nSPS) is 20.5. The van der Waals surface area contributed by atoms with Gasteiger partial charge in [0.25, 0.3) is 0 Å². The lowest BCUT2D eigenvalue weighted by Crippen LogP contribution is -2.32. The Balaban J connectivity index is 2.08. The fraction of sp³-hybridized carbons (Fsp3) is 0.294. The van der Waals surface area contributed by atoms with Crippen molar-refractivity contribution >= 4 is 11.5 Å². The van der Waals surface area contributed by atoms with E-state index in [2.05, 4.69) is 5.10 Å². The predicted molar refractivity (Wildman–Crippen MR) is 81.1 cm³/mol. The molecular formula is C17H15F3N2O2. The number of carboxylic acid groups (broad SMARTS) is 1. The molecule has 0 spiro atoms. The zero-order valence-corrected chi connectivity index (χ0v) is 12.8. The Bertz CT molecular complexity index is 829. The molecule has 4 nitrogen and oxygen atoms in total. The molecule has 24 heavy (non-hydrogen) atoms. The van der Waals surface area contributed by atoms with Gasteiger partial charge in [0, 0.05) is 11.8 Å². The average molecular weight is 336 g/mol. The quantitative estimate of drug-likeness (QED) is 0.920. The van der Waals surface area contributed by atoms with Gasteiger partial charge in [-0.15, -0.1) is 0 Å². The molecule has 0 bridgehead atoms. The number of aliphatic carboxylic acids is 1. The lowest BCUT2D eigenvalue weighted by molar-refractivity contribution is -0.141. The van der Waals surface area contributed by atoms with Crippen LogP contribution in [0.15, 0.2) is 36.7 Å². The second kappa shape index (κ2) is 5.81. The van der Waals surface area contributed by atoms with E-state index in [9.17, 15) is 23.1 Å². The second-order valence-corrected chi connectivity index (χ2v) is 5.85. The largest absolute Gasteiger partial charge is 0.480 e. The number of hydrogen-bond donors (Lipinski definition) is 1. The maximum absolute atomic E-state index is 13.9. The van der Waals surface area contributed by atoms with Gasteiger partial charge in [0.05, 0.1) is 6.20 Å². The highest BCUT2D eigenvalue weighted by Gasteiger charge is 2.43. The standard InChI is InChI=1S/C17H15F3N2O2/c1-10-13(3-2-4-14(10)18)17(15(23)24)6-5-11(7-17)12-8-21-22(9-12)16(19)20/h2-4,7-9,16H,5-6H2,1H3,(H,23,24). The van der Waals surface area contributed by atoms with Crippen molar-refractivity contribution < 1.29 is 23.1 Å². The molecule has 1 N–H and O–H groups in total. The third-order valence-electron chi connectivity index (χ3n) is 4.51. The van der Waals surface area contributed by atoms with Crippen LogP contribution in [0.5, 0.6) is 0 Å². The first-order valence-corrected chi connectivity index (χ1v) is 7.38. The van der Waals surface area contributed by atoms with Crippen molar-refractivity contribution in [3.05, 3.63) is 59.2 Å². The van der Waals surface area contributed by atoms with Crippen molar-refractivity contribution in [2.75, 3.05) is 0 Å². The fourth-order valence-electron chi connectivity index (χ4n) is 3.20. The number of carbonyl (C=O) groups is 1. The Labute approximate surface area is 136 Å². The maximum Gasteiger partial charge on any atom is 0.333 e. The first kappa shape index (κ1) is 16.3. The van der Waals surface area contributed by atoms with Crippen LogP contribution in [-0.4, -0.2) is 20.9 Å². The van der Waals surface area contributed by atoms with Crippen LogP contribution in [0.25, 0.3) is 5.57 Å². The van der Waals surface area contributed by atoms with Crippen LogP contribution in [0.2, 0.25) is 0 Å². The predicted octanol–water partition coefficient (Wildman–Crippen LogP) is 3.93. The van der Waals surface area contributed by atoms with Gasteiger partial charge in [-0.05, 0) is 42.5 Å². The average Bonchev–Trinajstić information content (AvgIpc) is 3.17. The summed E-state index contributed by atoms with van der Waals surface area (Å²) in [6.07, 6.45) is 4.63. The molecule has 0 saturated carbocycles. The van der Waals surface area contributed by atoms with E-state index < -0.39 is 23.8 Å². The summed E-state index contributed by atoms with van der Waals surface area (Å²) < 4.78 is 39.7. The minimum Gasteiger partial charge on any atom is -0.480 e. The Morgan fingerprint density at radius 3 is 2.79 bits per heavy atom. The van der Waals surface area contributed by atoms with Crippen LogP contribution in [0.1, 0.15) is 36.1 Å². The zero-order chi connectivity index (χ0) is 17.5. The van der Waals surface area contributed by atoms with Crippen LogP contribution < -0.4 is 0 Å². The van der Waals surface area contributed by atoms with Gasteiger partial charge in [-0.2, -0.15) is 13.9 Å². The minimum absolute atomic E-state index is 0.238. The summed E-state index contributed by atoms with van der Waals surface area (Å²) in [5, 5.41) is 13.4. The van der Waals surface area contributed by atoms with Gasteiger partial charge in [0.1, 0.15) is 11.2 Å². The van der Waals surface area contributed by atoms with Crippen molar-refractivity contribution in [2.45, 2.75) is 31.7 Å². The number of halogens is 3. The number of alkyl halides is 2. The highest BCUT2D eigenvalue weighted by atomic mass is 19.3. The van der Waals surface area contributed by atoms with Gasteiger partial charge < -0.3 is 5.11 Å². The Hall–Kier alpha value is -2.57. The summed E-state index contributed by atoms with van der Waals surface area (Å²) >= 11 is 0. The number of rotatable bonds is 4. The van der Waals surface area contributed by atoms with E-state index in [1.165, 1.54) is 37.5 Å².